The topological polar surface area (TPSA) is 68.1 Å². The van der Waals surface area contributed by atoms with E-state index in [1.807, 2.05) is 11.8 Å². The summed E-state index contributed by atoms with van der Waals surface area (Å²) in [6.07, 6.45) is 6.69. The Hall–Kier alpha value is -1.01. The van der Waals surface area contributed by atoms with E-state index in [9.17, 15) is 10.1 Å². The van der Waals surface area contributed by atoms with Crippen LogP contribution in [-0.4, -0.2) is 28.5 Å². The minimum Gasteiger partial charge on any atom is -0.369 e. The van der Waals surface area contributed by atoms with E-state index in [0.29, 0.717) is 5.82 Å². The molecule has 0 aliphatic heterocycles. The quantitative estimate of drug-likeness (QED) is 0.450. The van der Waals surface area contributed by atoms with Crippen LogP contribution in [0.2, 0.25) is 5.02 Å². The van der Waals surface area contributed by atoms with Crippen molar-refractivity contribution in [3.8, 4) is 0 Å². The molecule has 1 aromatic heterocycles. The maximum Gasteiger partial charge on any atom is 0.289 e. The van der Waals surface area contributed by atoms with E-state index >= 15 is 0 Å². The molecular formula is C11H16ClN3O2S. The van der Waals surface area contributed by atoms with E-state index in [1.54, 1.807) is 0 Å². The van der Waals surface area contributed by atoms with Crippen LogP contribution in [0.5, 0.6) is 0 Å². The summed E-state index contributed by atoms with van der Waals surface area (Å²) in [6.45, 7) is 0.777. The molecule has 1 aromatic rings. The highest BCUT2D eigenvalue weighted by Crippen LogP contribution is 2.23. The molecule has 0 atom stereocenters. The molecule has 0 aromatic carbocycles. The van der Waals surface area contributed by atoms with Crippen LogP contribution in [0.4, 0.5) is 11.5 Å². The fourth-order valence-corrected chi connectivity index (χ4v) is 2.13. The molecule has 0 saturated heterocycles. The predicted molar refractivity (Wildman–Crippen MR) is 76.6 cm³/mol. The molecule has 1 rings (SSSR count). The normalized spacial score (nSPS) is 10.3. The lowest BCUT2D eigenvalue weighted by Crippen LogP contribution is -2.04. The summed E-state index contributed by atoms with van der Waals surface area (Å²) in [4.78, 5) is 13.9. The second-order valence-electron chi connectivity index (χ2n) is 3.76. The predicted octanol–water partition coefficient (Wildman–Crippen LogP) is 3.59. The summed E-state index contributed by atoms with van der Waals surface area (Å²) in [6, 6.07) is 1.31. The molecule has 1 heterocycles. The van der Waals surface area contributed by atoms with E-state index in [4.69, 9.17) is 11.6 Å². The number of nitrogens with zero attached hydrogens (tertiary/aromatic N) is 2. The van der Waals surface area contributed by atoms with Crippen LogP contribution in [0, 0.1) is 10.1 Å². The summed E-state index contributed by atoms with van der Waals surface area (Å²) >= 11 is 7.75. The largest absolute Gasteiger partial charge is 0.369 e. The third kappa shape index (κ3) is 5.10. The van der Waals surface area contributed by atoms with Gasteiger partial charge in [0.2, 0.25) is 0 Å². The van der Waals surface area contributed by atoms with Gasteiger partial charge in [0.05, 0.1) is 9.95 Å². The number of rotatable bonds is 8. The van der Waals surface area contributed by atoms with Crippen molar-refractivity contribution in [2.45, 2.75) is 19.3 Å². The third-order valence-corrected chi connectivity index (χ3v) is 3.34. The van der Waals surface area contributed by atoms with Gasteiger partial charge in [-0.3, -0.25) is 10.1 Å². The van der Waals surface area contributed by atoms with Crippen molar-refractivity contribution in [3.63, 3.8) is 0 Å². The molecule has 1 N–H and O–H groups in total. The fraction of sp³-hybridized carbons (Fsp3) is 0.545. The molecule has 0 unspecified atom stereocenters. The molecule has 0 saturated carbocycles. The lowest BCUT2D eigenvalue weighted by molar-refractivity contribution is -0.385. The van der Waals surface area contributed by atoms with Crippen molar-refractivity contribution < 1.29 is 4.92 Å². The smallest absolute Gasteiger partial charge is 0.289 e. The highest BCUT2D eigenvalue weighted by molar-refractivity contribution is 7.98. The minimum atomic E-state index is -0.509. The van der Waals surface area contributed by atoms with Gasteiger partial charge in [-0.05, 0) is 24.9 Å². The Morgan fingerprint density at radius 3 is 2.89 bits per heavy atom. The molecule has 0 aliphatic rings. The summed E-state index contributed by atoms with van der Waals surface area (Å²) in [5.41, 5.74) is -0.0921. The summed E-state index contributed by atoms with van der Waals surface area (Å²) < 4.78 is 0. The Kier molecular flexibility index (Phi) is 6.82. The van der Waals surface area contributed by atoms with Crippen molar-refractivity contribution in [2.75, 3.05) is 23.9 Å². The standard InChI is InChI=1S/C11H16ClN3O2S/c1-18-6-4-2-3-5-13-11-10(12)7-9(8-14-11)15(16)17/h7-8H,2-6H2,1H3,(H,13,14). The maximum atomic E-state index is 10.5. The fourth-order valence-electron chi connectivity index (χ4n) is 1.41. The molecule has 0 amide bonds. The molecule has 0 bridgehead atoms. The number of nitro groups is 1. The van der Waals surface area contributed by atoms with Crippen molar-refractivity contribution in [1.29, 1.82) is 0 Å². The number of aromatic nitrogens is 1. The first kappa shape index (κ1) is 15.0. The van der Waals surface area contributed by atoms with Crippen molar-refractivity contribution in [3.05, 3.63) is 27.4 Å². The number of halogens is 1. The van der Waals surface area contributed by atoms with E-state index in [1.165, 1.54) is 24.4 Å². The Morgan fingerprint density at radius 1 is 1.50 bits per heavy atom. The van der Waals surface area contributed by atoms with E-state index in [2.05, 4.69) is 16.6 Å². The average Bonchev–Trinajstić information content (AvgIpc) is 2.35. The maximum absolute atomic E-state index is 10.5. The molecular weight excluding hydrogens is 274 g/mol. The van der Waals surface area contributed by atoms with E-state index in [-0.39, 0.29) is 10.7 Å². The first-order chi connectivity index (χ1) is 8.65. The van der Waals surface area contributed by atoms with Gasteiger partial charge in [-0.1, -0.05) is 18.0 Å². The van der Waals surface area contributed by atoms with Crippen LogP contribution in [0.25, 0.3) is 0 Å². The van der Waals surface area contributed by atoms with Gasteiger partial charge in [-0.25, -0.2) is 4.98 Å². The number of unbranched alkanes of at least 4 members (excludes halogenated alkanes) is 2. The van der Waals surface area contributed by atoms with Gasteiger partial charge in [-0.15, -0.1) is 0 Å². The SMILES string of the molecule is CSCCCCCNc1ncc([N+](=O)[O-])cc1Cl. The first-order valence-electron chi connectivity index (χ1n) is 5.68. The van der Waals surface area contributed by atoms with Crippen LogP contribution < -0.4 is 5.32 Å². The number of hydrogen-bond acceptors (Lipinski definition) is 5. The van der Waals surface area contributed by atoms with Crippen LogP contribution in [0.3, 0.4) is 0 Å². The highest BCUT2D eigenvalue weighted by atomic mass is 35.5. The van der Waals surface area contributed by atoms with Crippen LogP contribution in [0.15, 0.2) is 12.3 Å². The van der Waals surface area contributed by atoms with Gasteiger partial charge in [0.15, 0.2) is 0 Å². The van der Waals surface area contributed by atoms with Crippen molar-refractivity contribution in [1.82, 2.24) is 4.98 Å². The van der Waals surface area contributed by atoms with Gasteiger partial charge >= 0.3 is 0 Å². The average molecular weight is 290 g/mol. The Morgan fingerprint density at radius 2 is 2.28 bits per heavy atom. The summed E-state index contributed by atoms with van der Waals surface area (Å²) in [7, 11) is 0. The second kappa shape index (κ2) is 8.16. The summed E-state index contributed by atoms with van der Waals surface area (Å²) in [5, 5.41) is 13.9. The molecule has 18 heavy (non-hydrogen) atoms. The van der Waals surface area contributed by atoms with Crippen molar-refractivity contribution in [2.24, 2.45) is 0 Å². The number of hydrogen-bond donors (Lipinski definition) is 1. The first-order valence-corrected chi connectivity index (χ1v) is 7.45. The van der Waals surface area contributed by atoms with Gasteiger partial charge < -0.3 is 5.32 Å². The van der Waals surface area contributed by atoms with Crippen molar-refractivity contribution >= 4 is 34.9 Å². The molecule has 0 aliphatic carbocycles. The van der Waals surface area contributed by atoms with Gasteiger partial charge in [0, 0.05) is 12.6 Å². The van der Waals surface area contributed by atoms with Gasteiger partial charge in [0.25, 0.3) is 5.69 Å². The van der Waals surface area contributed by atoms with Crippen LogP contribution in [0.1, 0.15) is 19.3 Å². The Bertz CT molecular complexity index is 404. The Balaban J connectivity index is 2.36. The number of thioether (sulfide) groups is 1. The van der Waals surface area contributed by atoms with Gasteiger partial charge in [0.1, 0.15) is 12.0 Å². The summed E-state index contributed by atoms with van der Waals surface area (Å²) in [5.74, 6) is 1.68. The number of anilines is 1. The van der Waals surface area contributed by atoms with Crippen LogP contribution in [-0.2, 0) is 0 Å². The monoisotopic (exact) mass is 289 g/mol. The zero-order valence-electron chi connectivity index (χ0n) is 10.2. The zero-order valence-corrected chi connectivity index (χ0v) is 11.8. The molecule has 5 nitrogen and oxygen atoms in total. The minimum absolute atomic E-state index is 0.0921. The molecule has 0 spiro atoms. The number of nitrogens with one attached hydrogen (secondary N) is 1. The molecule has 0 radical (unpaired) electrons. The second-order valence-corrected chi connectivity index (χ2v) is 5.15. The number of pyridine rings is 1. The van der Waals surface area contributed by atoms with Crippen LogP contribution >= 0.6 is 23.4 Å². The lowest BCUT2D eigenvalue weighted by atomic mass is 10.2. The molecule has 100 valence electrons. The Labute approximate surface area is 115 Å². The lowest BCUT2D eigenvalue weighted by Gasteiger charge is -2.06. The molecule has 7 heteroatoms. The van der Waals surface area contributed by atoms with E-state index < -0.39 is 4.92 Å². The highest BCUT2D eigenvalue weighted by Gasteiger charge is 2.10. The third-order valence-electron chi connectivity index (χ3n) is 2.36. The van der Waals surface area contributed by atoms with E-state index in [0.717, 1.165) is 19.4 Å². The zero-order chi connectivity index (χ0) is 13.4. The van der Waals surface area contributed by atoms with Gasteiger partial charge in [-0.2, -0.15) is 11.8 Å². The molecule has 0 fully saturated rings.